The van der Waals surface area contributed by atoms with Crippen molar-refractivity contribution in [1.82, 2.24) is 4.57 Å². The van der Waals surface area contributed by atoms with Gasteiger partial charge in [-0.15, -0.1) is 0 Å². The molecule has 0 aliphatic rings. The van der Waals surface area contributed by atoms with Crippen molar-refractivity contribution in [3.8, 4) is 0 Å². The first kappa shape index (κ1) is 18.5. The van der Waals surface area contributed by atoms with Gasteiger partial charge >= 0.3 is 0 Å². The van der Waals surface area contributed by atoms with Crippen molar-refractivity contribution < 1.29 is 9.47 Å². The lowest BCUT2D eigenvalue weighted by atomic mass is 10.1. The molecule has 3 nitrogen and oxygen atoms in total. The summed E-state index contributed by atoms with van der Waals surface area (Å²) < 4.78 is 13.3. The highest BCUT2D eigenvalue weighted by atomic mass is 16.5. The summed E-state index contributed by atoms with van der Waals surface area (Å²) in [6.45, 7) is 11.8. The Labute approximate surface area is 145 Å². The second kappa shape index (κ2) is 9.45. The van der Waals surface area contributed by atoms with Gasteiger partial charge in [-0.1, -0.05) is 43.7 Å². The van der Waals surface area contributed by atoms with Crippen LogP contribution < -0.4 is 0 Å². The summed E-state index contributed by atoms with van der Waals surface area (Å²) in [5.41, 5.74) is 3.85. The molecule has 3 heteroatoms. The van der Waals surface area contributed by atoms with Crippen LogP contribution in [0.25, 0.3) is 21.8 Å². The SMILES string of the molecule is CC.CCOCCOCCn1c2ccccc2c2cc(C)ccc21. The highest BCUT2D eigenvalue weighted by molar-refractivity contribution is 6.08. The lowest BCUT2D eigenvalue weighted by molar-refractivity contribution is 0.0503. The highest BCUT2D eigenvalue weighted by Crippen LogP contribution is 2.29. The zero-order chi connectivity index (χ0) is 17.4. The number of nitrogens with zero attached hydrogens (tertiary/aromatic N) is 1. The Bertz CT molecular complexity index is 761. The molecule has 3 aromatic rings. The summed E-state index contributed by atoms with van der Waals surface area (Å²) in [4.78, 5) is 0. The topological polar surface area (TPSA) is 23.4 Å². The number of rotatable bonds is 7. The van der Waals surface area contributed by atoms with Crippen molar-refractivity contribution in [2.75, 3.05) is 26.4 Å². The van der Waals surface area contributed by atoms with Crippen LogP contribution in [-0.2, 0) is 16.0 Å². The molecule has 0 saturated heterocycles. The Morgan fingerprint density at radius 3 is 2.33 bits per heavy atom. The fraction of sp³-hybridized carbons (Fsp3) is 0.429. The quantitative estimate of drug-likeness (QED) is 0.558. The fourth-order valence-corrected chi connectivity index (χ4v) is 2.93. The van der Waals surface area contributed by atoms with E-state index in [4.69, 9.17) is 9.47 Å². The molecule has 0 fully saturated rings. The standard InChI is InChI=1S/C19H23NO2.C2H6/c1-3-21-12-13-22-11-10-20-18-7-5-4-6-16(18)17-14-15(2)8-9-19(17)20;1-2/h4-9,14H,3,10-13H2,1-2H3;1-2H3. The number of ether oxygens (including phenoxy) is 2. The first-order valence-corrected chi connectivity index (χ1v) is 8.94. The lowest BCUT2D eigenvalue weighted by Crippen LogP contribution is -2.09. The molecule has 0 saturated carbocycles. The molecule has 0 bridgehead atoms. The molecule has 0 N–H and O–H groups in total. The number of fused-ring (bicyclic) bond motifs is 3. The van der Waals surface area contributed by atoms with E-state index >= 15 is 0 Å². The minimum Gasteiger partial charge on any atom is -0.379 e. The van der Waals surface area contributed by atoms with Gasteiger partial charge in [-0.25, -0.2) is 0 Å². The molecule has 1 heterocycles. The van der Waals surface area contributed by atoms with Gasteiger partial charge in [0.1, 0.15) is 0 Å². The van der Waals surface area contributed by atoms with Gasteiger partial charge in [0, 0.05) is 35.0 Å². The molecule has 0 atom stereocenters. The van der Waals surface area contributed by atoms with Crippen LogP contribution in [0.15, 0.2) is 42.5 Å². The predicted octanol–water partition coefficient (Wildman–Crippen LogP) is 5.18. The Morgan fingerprint density at radius 2 is 1.54 bits per heavy atom. The number of aromatic nitrogens is 1. The zero-order valence-electron chi connectivity index (χ0n) is 15.3. The molecule has 1 aromatic heterocycles. The van der Waals surface area contributed by atoms with Gasteiger partial charge in [-0.05, 0) is 32.0 Å². The van der Waals surface area contributed by atoms with E-state index < -0.39 is 0 Å². The summed E-state index contributed by atoms with van der Waals surface area (Å²) in [6.07, 6.45) is 0. The molecule has 0 unspecified atom stereocenters. The first-order valence-electron chi connectivity index (χ1n) is 8.94. The Kier molecular flexibility index (Phi) is 7.29. The molecule has 130 valence electrons. The fourth-order valence-electron chi connectivity index (χ4n) is 2.93. The summed E-state index contributed by atoms with van der Waals surface area (Å²) in [7, 11) is 0. The van der Waals surface area contributed by atoms with E-state index in [1.807, 2.05) is 20.8 Å². The number of benzene rings is 2. The predicted molar refractivity (Wildman–Crippen MR) is 103 cm³/mol. The Hall–Kier alpha value is -1.84. The summed E-state index contributed by atoms with van der Waals surface area (Å²) in [5, 5.41) is 2.64. The van der Waals surface area contributed by atoms with Gasteiger partial charge in [0.05, 0.1) is 19.8 Å². The van der Waals surface area contributed by atoms with Crippen LogP contribution >= 0.6 is 0 Å². The summed E-state index contributed by atoms with van der Waals surface area (Å²) in [5.74, 6) is 0. The van der Waals surface area contributed by atoms with E-state index in [9.17, 15) is 0 Å². The molecule has 0 aliphatic carbocycles. The number of hydrogen-bond acceptors (Lipinski definition) is 2. The van der Waals surface area contributed by atoms with Gasteiger partial charge < -0.3 is 14.0 Å². The molecule has 24 heavy (non-hydrogen) atoms. The maximum absolute atomic E-state index is 5.68. The van der Waals surface area contributed by atoms with Crippen LogP contribution in [0.2, 0.25) is 0 Å². The van der Waals surface area contributed by atoms with Gasteiger partial charge in [0.25, 0.3) is 0 Å². The number of aryl methyl sites for hydroxylation is 1. The molecular weight excluding hydrogens is 298 g/mol. The monoisotopic (exact) mass is 327 g/mol. The van der Waals surface area contributed by atoms with Gasteiger partial charge in [-0.2, -0.15) is 0 Å². The molecule has 0 amide bonds. The molecule has 3 rings (SSSR count). The smallest absolute Gasteiger partial charge is 0.0701 e. The third-order valence-corrected chi connectivity index (χ3v) is 3.96. The van der Waals surface area contributed by atoms with Crippen LogP contribution in [-0.4, -0.2) is 31.0 Å². The second-order valence-corrected chi connectivity index (χ2v) is 5.50. The molecule has 0 spiro atoms. The largest absolute Gasteiger partial charge is 0.379 e. The van der Waals surface area contributed by atoms with Crippen molar-refractivity contribution >= 4 is 21.8 Å². The highest BCUT2D eigenvalue weighted by Gasteiger charge is 2.09. The molecular formula is C21H29NO2. The van der Waals surface area contributed by atoms with Crippen LogP contribution in [0, 0.1) is 6.92 Å². The third kappa shape index (κ3) is 4.16. The third-order valence-electron chi connectivity index (χ3n) is 3.96. The number of hydrogen-bond donors (Lipinski definition) is 0. The van der Waals surface area contributed by atoms with E-state index in [1.54, 1.807) is 0 Å². The van der Waals surface area contributed by atoms with E-state index in [2.05, 4.69) is 54.0 Å². The molecule has 0 radical (unpaired) electrons. The van der Waals surface area contributed by atoms with E-state index in [0.717, 1.165) is 13.2 Å². The maximum Gasteiger partial charge on any atom is 0.0701 e. The van der Waals surface area contributed by atoms with Gasteiger partial charge in [0.15, 0.2) is 0 Å². The molecule has 0 aliphatic heterocycles. The van der Waals surface area contributed by atoms with Crippen LogP contribution in [0.5, 0.6) is 0 Å². The van der Waals surface area contributed by atoms with Crippen LogP contribution in [0.3, 0.4) is 0 Å². The van der Waals surface area contributed by atoms with E-state index in [-0.39, 0.29) is 0 Å². The van der Waals surface area contributed by atoms with Crippen molar-refractivity contribution in [2.45, 2.75) is 34.2 Å². The lowest BCUT2D eigenvalue weighted by Gasteiger charge is -2.08. The molecule has 2 aromatic carbocycles. The van der Waals surface area contributed by atoms with Gasteiger partial charge in [0.2, 0.25) is 0 Å². The van der Waals surface area contributed by atoms with Crippen LogP contribution in [0.1, 0.15) is 26.3 Å². The van der Waals surface area contributed by atoms with Crippen molar-refractivity contribution in [3.63, 3.8) is 0 Å². The minimum absolute atomic E-state index is 0.657. The van der Waals surface area contributed by atoms with E-state index in [1.165, 1.54) is 27.4 Å². The maximum atomic E-state index is 5.68. The number of para-hydroxylation sites is 1. The Morgan fingerprint density at radius 1 is 0.833 bits per heavy atom. The van der Waals surface area contributed by atoms with Crippen LogP contribution in [0.4, 0.5) is 0 Å². The minimum atomic E-state index is 0.657. The van der Waals surface area contributed by atoms with Crippen molar-refractivity contribution in [3.05, 3.63) is 48.0 Å². The first-order chi connectivity index (χ1) is 11.8. The average Bonchev–Trinajstić information content (AvgIpc) is 2.93. The Balaban J connectivity index is 0.00000100. The zero-order valence-corrected chi connectivity index (χ0v) is 15.3. The van der Waals surface area contributed by atoms with Crippen molar-refractivity contribution in [1.29, 1.82) is 0 Å². The summed E-state index contributed by atoms with van der Waals surface area (Å²) in [6, 6.07) is 15.2. The average molecular weight is 327 g/mol. The summed E-state index contributed by atoms with van der Waals surface area (Å²) >= 11 is 0. The second-order valence-electron chi connectivity index (χ2n) is 5.50. The van der Waals surface area contributed by atoms with Crippen molar-refractivity contribution in [2.24, 2.45) is 0 Å². The van der Waals surface area contributed by atoms with E-state index in [0.29, 0.717) is 19.8 Å². The van der Waals surface area contributed by atoms with Gasteiger partial charge in [-0.3, -0.25) is 0 Å². The normalized spacial score (nSPS) is 10.8.